The van der Waals surface area contributed by atoms with Crippen molar-refractivity contribution in [2.24, 2.45) is 0 Å². The maximum Gasteiger partial charge on any atom is 1.00 e. The fourth-order valence-electron chi connectivity index (χ4n) is 1.36. The average Bonchev–Trinajstić information content (AvgIpc) is 2.29. The first-order valence-electron chi connectivity index (χ1n) is 5.56. The molecule has 0 N–H and O–H groups in total. The van der Waals surface area contributed by atoms with Crippen LogP contribution >= 0.6 is 0 Å². The summed E-state index contributed by atoms with van der Waals surface area (Å²) in [6.07, 6.45) is 1.30. The molecule has 0 radical (unpaired) electrons. The Bertz CT molecular complexity index is 387. The molecule has 0 saturated carbocycles. The third-order valence-electron chi connectivity index (χ3n) is 2.33. The summed E-state index contributed by atoms with van der Waals surface area (Å²) in [7, 11) is 1.55. The number of hydrogen-bond donors (Lipinski definition) is 0. The van der Waals surface area contributed by atoms with Crippen LogP contribution in [0.2, 0.25) is 0 Å². The van der Waals surface area contributed by atoms with Gasteiger partial charge in [-0.3, -0.25) is 0 Å². The van der Waals surface area contributed by atoms with Crippen LogP contribution < -0.4 is 61.6 Å². The minimum atomic E-state index is -5.14. The van der Waals surface area contributed by atoms with Gasteiger partial charge in [0.2, 0.25) is 0 Å². The Balaban J connectivity index is 0.00000324. The second-order valence-electron chi connectivity index (χ2n) is 3.81. The SMILES string of the molecule is COCCCCOc1cc([B-](F)(F)F)ccc1F.[K+]. The summed E-state index contributed by atoms with van der Waals surface area (Å²) in [5.41, 5.74) is -0.858. The number of rotatable bonds is 7. The fraction of sp³-hybridized carbons (Fsp3) is 0.455. The summed E-state index contributed by atoms with van der Waals surface area (Å²) in [5.74, 6) is -1.14. The molecule has 0 fully saturated rings. The van der Waals surface area contributed by atoms with Crippen LogP contribution in [-0.2, 0) is 4.74 Å². The smallest absolute Gasteiger partial charge is 0.491 e. The molecule has 0 atom stereocenters. The van der Waals surface area contributed by atoms with E-state index in [4.69, 9.17) is 9.47 Å². The normalized spacial score (nSPS) is 11.0. The summed E-state index contributed by atoms with van der Waals surface area (Å²) < 4.78 is 60.4. The van der Waals surface area contributed by atoms with Crippen molar-refractivity contribution in [3.05, 3.63) is 24.0 Å². The van der Waals surface area contributed by atoms with Gasteiger partial charge in [0.15, 0.2) is 11.6 Å². The van der Waals surface area contributed by atoms with Gasteiger partial charge in [-0.05, 0) is 25.0 Å². The van der Waals surface area contributed by atoms with Crippen LogP contribution in [0.3, 0.4) is 0 Å². The van der Waals surface area contributed by atoms with Crippen molar-refractivity contribution in [3.63, 3.8) is 0 Å². The van der Waals surface area contributed by atoms with E-state index < -0.39 is 18.3 Å². The Morgan fingerprint density at radius 1 is 1.11 bits per heavy atom. The predicted molar refractivity (Wildman–Crippen MR) is 61.7 cm³/mol. The first-order chi connectivity index (χ1) is 8.45. The molecule has 1 rings (SSSR count). The van der Waals surface area contributed by atoms with Gasteiger partial charge in [-0.15, -0.1) is 5.46 Å². The molecule has 102 valence electrons. The third-order valence-corrected chi connectivity index (χ3v) is 2.33. The molecule has 2 nitrogen and oxygen atoms in total. The van der Waals surface area contributed by atoms with Gasteiger partial charge >= 0.3 is 58.4 Å². The molecular formula is C11H14BF4KO2. The largest absolute Gasteiger partial charge is 1.00 e. The number of halogens is 4. The van der Waals surface area contributed by atoms with Gasteiger partial charge in [0, 0.05) is 13.7 Å². The summed E-state index contributed by atoms with van der Waals surface area (Å²) in [5, 5.41) is 0. The zero-order valence-electron chi connectivity index (χ0n) is 11.0. The Kier molecular flexibility index (Phi) is 9.56. The topological polar surface area (TPSA) is 18.5 Å². The van der Waals surface area contributed by atoms with Gasteiger partial charge < -0.3 is 22.4 Å². The van der Waals surface area contributed by atoms with E-state index in [0.29, 0.717) is 31.6 Å². The molecule has 0 heterocycles. The van der Waals surface area contributed by atoms with Gasteiger partial charge in [-0.1, -0.05) is 6.07 Å². The molecule has 0 aliphatic heterocycles. The summed E-state index contributed by atoms with van der Waals surface area (Å²) in [4.78, 5) is 0. The number of ether oxygens (including phenoxy) is 2. The summed E-state index contributed by atoms with van der Waals surface area (Å²) >= 11 is 0. The Morgan fingerprint density at radius 2 is 1.74 bits per heavy atom. The first kappa shape index (κ1) is 19.4. The van der Waals surface area contributed by atoms with Gasteiger partial charge in [0.1, 0.15) is 0 Å². The molecule has 0 unspecified atom stereocenters. The molecular weight excluding hydrogens is 290 g/mol. The molecule has 0 aliphatic rings. The Labute approximate surface area is 152 Å². The average molecular weight is 304 g/mol. The van der Waals surface area contributed by atoms with E-state index >= 15 is 0 Å². The molecule has 0 saturated heterocycles. The van der Waals surface area contributed by atoms with Crippen molar-refractivity contribution in [2.45, 2.75) is 12.8 Å². The second kappa shape index (κ2) is 9.36. The minimum absolute atomic E-state index is 0. The molecule has 8 heteroatoms. The fourth-order valence-corrected chi connectivity index (χ4v) is 1.36. The Morgan fingerprint density at radius 3 is 2.32 bits per heavy atom. The monoisotopic (exact) mass is 304 g/mol. The summed E-state index contributed by atoms with van der Waals surface area (Å²) in [6, 6.07) is 2.19. The van der Waals surface area contributed by atoms with Gasteiger partial charge in [-0.2, -0.15) is 0 Å². The van der Waals surface area contributed by atoms with Crippen LogP contribution in [0.4, 0.5) is 17.3 Å². The van der Waals surface area contributed by atoms with Crippen LogP contribution in [0, 0.1) is 5.82 Å². The van der Waals surface area contributed by atoms with E-state index in [-0.39, 0.29) is 63.7 Å². The molecule has 0 aromatic heterocycles. The molecule has 0 aliphatic carbocycles. The van der Waals surface area contributed by atoms with Crippen molar-refractivity contribution in [1.82, 2.24) is 0 Å². The maximum absolute atomic E-state index is 13.2. The van der Waals surface area contributed by atoms with Crippen molar-refractivity contribution in [2.75, 3.05) is 20.3 Å². The molecule has 1 aromatic carbocycles. The van der Waals surface area contributed by atoms with Crippen LogP contribution in [-0.4, -0.2) is 27.3 Å². The van der Waals surface area contributed by atoms with Crippen LogP contribution in [0.25, 0.3) is 0 Å². The van der Waals surface area contributed by atoms with E-state index in [1.165, 1.54) is 0 Å². The molecule has 0 bridgehead atoms. The van der Waals surface area contributed by atoms with Crippen LogP contribution in [0.15, 0.2) is 18.2 Å². The van der Waals surface area contributed by atoms with E-state index in [0.717, 1.165) is 6.07 Å². The third kappa shape index (κ3) is 7.10. The van der Waals surface area contributed by atoms with Crippen LogP contribution in [0.1, 0.15) is 12.8 Å². The first-order valence-corrected chi connectivity index (χ1v) is 5.56. The number of hydrogen-bond acceptors (Lipinski definition) is 2. The summed E-state index contributed by atoms with van der Waals surface area (Å²) in [6.45, 7) is -4.43. The molecule has 0 amide bonds. The zero-order chi connectivity index (χ0) is 13.6. The van der Waals surface area contributed by atoms with E-state index in [1.54, 1.807) is 7.11 Å². The quantitative estimate of drug-likeness (QED) is 0.391. The van der Waals surface area contributed by atoms with Crippen LogP contribution in [0.5, 0.6) is 5.75 Å². The second-order valence-corrected chi connectivity index (χ2v) is 3.81. The van der Waals surface area contributed by atoms with Gasteiger partial charge in [0.05, 0.1) is 6.61 Å². The van der Waals surface area contributed by atoms with E-state index in [9.17, 15) is 17.3 Å². The number of methoxy groups -OCH3 is 1. The maximum atomic E-state index is 13.2. The van der Waals surface area contributed by atoms with Crippen molar-refractivity contribution in [3.8, 4) is 5.75 Å². The van der Waals surface area contributed by atoms with Gasteiger partial charge in [-0.25, -0.2) is 4.39 Å². The van der Waals surface area contributed by atoms with Crippen molar-refractivity contribution in [1.29, 1.82) is 0 Å². The van der Waals surface area contributed by atoms with E-state index in [2.05, 4.69) is 0 Å². The standard InChI is InChI=1S/C11H14BF4O2.K/c1-17-6-2-3-7-18-11-8-9(12(14,15)16)4-5-10(11)13;/h4-5,8H,2-3,6-7H2,1H3;/q-1;+1. The number of benzene rings is 1. The predicted octanol–water partition coefficient (Wildman–Crippen LogP) is -0.310. The zero-order valence-corrected chi connectivity index (χ0v) is 14.1. The van der Waals surface area contributed by atoms with Crippen molar-refractivity contribution < 1.29 is 78.2 Å². The minimum Gasteiger partial charge on any atom is -0.491 e. The number of unbranched alkanes of at least 4 members (excludes halogenated alkanes) is 1. The molecule has 19 heavy (non-hydrogen) atoms. The molecule has 1 aromatic rings. The van der Waals surface area contributed by atoms with E-state index in [1.807, 2.05) is 0 Å². The van der Waals surface area contributed by atoms with Crippen molar-refractivity contribution >= 4 is 12.4 Å². The van der Waals surface area contributed by atoms with Gasteiger partial charge in [0.25, 0.3) is 0 Å². The molecule has 0 spiro atoms. The Hall–Kier alpha value is 0.401.